The maximum atomic E-state index is 8.27. The van der Waals surface area contributed by atoms with E-state index in [1.165, 1.54) is 0 Å². The largest absolute Gasteiger partial charge is 0.411 e. The minimum atomic E-state index is 0.962. The molecule has 0 aromatic heterocycles. The maximum absolute atomic E-state index is 8.27. The normalized spacial score (nSPS) is 20.8. The lowest BCUT2D eigenvalue weighted by Crippen LogP contribution is -2.07. The van der Waals surface area contributed by atoms with Gasteiger partial charge in [-0.1, -0.05) is 5.16 Å². The second-order valence-corrected chi connectivity index (χ2v) is 3.00. The molecule has 0 radical (unpaired) electrons. The number of oxime groups is 1. The van der Waals surface area contributed by atoms with Crippen molar-refractivity contribution in [1.29, 1.82) is 0 Å². The Morgan fingerprint density at radius 1 is 1.38 bits per heavy atom. The van der Waals surface area contributed by atoms with E-state index >= 15 is 0 Å². The summed E-state index contributed by atoms with van der Waals surface area (Å²) in [6.45, 7) is 0. The van der Waals surface area contributed by atoms with Crippen molar-refractivity contribution in [2.75, 3.05) is 11.5 Å². The van der Waals surface area contributed by atoms with Crippen LogP contribution in [0.25, 0.3) is 0 Å². The van der Waals surface area contributed by atoms with Gasteiger partial charge in [0, 0.05) is 0 Å². The first-order chi connectivity index (χ1) is 3.93. The molecule has 3 heteroatoms. The summed E-state index contributed by atoms with van der Waals surface area (Å²) in [4.78, 5) is 0. The van der Waals surface area contributed by atoms with Crippen LogP contribution in [0.2, 0.25) is 0 Å². The van der Waals surface area contributed by atoms with Crippen LogP contribution in [0.15, 0.2) is 5.16 Å². The van der Waals surface area contributed by atoms with Gasteiger partial charge in [0.15, 0.2) is 0 Å². The van der Waals surface area contributed by atoms with Crippen LogP contribution in [0, 0.1) is 0 Å². The summed E-state index contributed by atoms with van der Waals surface area (Å²) in [5, 5.41) is 11.4. The Kier molecular flexibility index (Phi) is 2.21. The van der Waals surface area contributed by atoms with E-state index in [1.54, 1.807) is 0 Å². The molecule has 2 nitrogen and oxygen atoms in total. The molecule has 0 atom stereocenters. The number of thioether (sulfide) groups is 1. The van der Waals surface area contributed by atoms with E-state index in [0.29, 0.717) is 0 Å². The zero-order chi connectivity index (χ0) is 5.82. The van der Waals surface area contributed by atoms with Crippen LogP contribution in [-0.2, 0) is 0 Å². The Morgan fingerprint density at radius 2 is 2.00 bits per heavy atom. The van der Waals surface area contributed by atoms with Crippen molar-refractivity contribution in [2.45, 2.75) is 12.8 Å². The highest BCUT2D eigenvalue weighted by atomic mass is 32.2. The van der Waals surface area contributed by atoms with E-state index in [9.17, 15) is 0 Å². The van der Waals surface area contributed by atoms with Crippen LogP contribution in [0.3, 0.4) is 0 Å². The third-order valence-corrected chi connectivity index (χ3v) is 2.20. The molecule has 1 heterocycles. The summed E-state index contributed by atoms with van der Waals surface area (Å²) < 4.78 is 0. The lowest BCUT2D eigenvalue weighted by molar-refractivity contribution is 0.316. The number of nitrogens with zero attached hydrogens (tertiary/aromatic N) is 1. The molecule has 0 aromatic rings. The van der Waals surface area contributed by atoms with Crippen LogP contribution >= 0.6 is 11.8 Å². The van der Waals surface area contributed by atoms with Crippen molar-refractivity contribution in [1.82, 2.24) is 0 Å². The Bertz CT molecular complexity index is 94.6. The van der Waals surface area contributed by atoms with Crippen LogP contribution < -0.4 is 0 Å². The number of hydrogen-bond acceptors (Lipinski definition) is 3. The third kappa shape index (κ3) is 1.40. The molecule has 1 fully saturated rings. The fourth-order valence-corrected chi connectivity index (χ4v) is 1.67. The van der Waals surface area contributed by atoms with Crippen molar-refractivity contribution in [3.8, 4) is 0 Å². The molecule has 1 aliphatic heterocycles. The average molecular weight is 131 g/mol. The fraction of sp³-hybridized carbons (Fsp3) is 0.800. The molecule has 0 bridgehead atoms. The van der Waals surface area contributed by atoms with Gasteiger partial charge in [-0.25, -0.2) is 0 Å². The minimum absolute atomic E-state index is 0.962. The van der Waals surface area contributed by atoms with Crippen LogP contribution in [0.1, 0.15) is 12.8 Å². The van der Waals surface area contributed by atoms with Crippen molar-refractivity contribution in [3.63, 3.8) is 0 Å². The molecule has 1 rings (SSSR count). The van der Waals surface area contributed by atoms with Gasteiger partial charge in [-0.05, 0) is 24.3 Å². The topological polar surface area (TPSA) is 32.6 Å². The van der Waals surface area contributed by atoms with Crippen LogP contribution in [-0.4, -0.2) is 22.4 Å². The van der Waals surface area contributed by atoms with E-state index < -0.39 is 0 Å². The van der Waals surface area contributed by atoms with Crippen molar-refractivity contribution >= 4 is 17.5 Å². The van der Waals surface area contributed by atoms with Gasteiger partial charge in [0.25, 0.3) is 0 Å². The second-order valence-electron chi connectivity index (χ2n) is 1.78. The van der Waals surface area contributed by atoms with Gasteiger partial charge in [0.05, 0.1) is 5.71 Å². The summed E-state index contributed by atoms with van der Waals surface area (Å²) in [7, 11) is 0. The van der Waals surface area contributed by atoms with Crippen molar-refractivity contribution < 1.29 is 5.21 Å². The lowest BCUT2D eigenvalue weighted by atomic mass is 10.2. The minimum Gasteiger partial charge on any atom is -0.411 e. The van der Waals surface area contributed by atoms with Gasteiger partial charge in [-0.2, -0.15) is 11.8 Å². The smallest absolute Gasteiger partial charge is 0.0587 e. The van der Waals surface area contributed by atoms with Crippen LogP contribution in [0.4, 0.5) is 0 Å². The first-order valence-corrected chi connectivity index (χ1v) is 3.86. The zero-order valence-corrected chi connectivity index (χ0v) is 5.45. The van der Waals surface area contributed by atoms with Crippen molar-refractivity contribution in [2.24, 2.45) is 5.16 Å². The van der Waals surface area contributed by atoms with E-state index in [2.05, 4.69) is 5.16 Å². The van der Waals surface area contributed by atoms with Gasteiger partial charge in [-0.15, -0.1) is 0 Å². The van der Waals surface area contributed by atoms with Crippen molar-refractivity contribution in [3.05, 3.63) is 0 Å². The van der Waals surface area contributed by atoms with Gasteiger partial charge in [-0.3, -0.25) is 0 Å². The predicted octanol–water partition coefficient (Wildman–Crippen LogP) is 1.34. The summed E-state index contributed by atoms with van der Waals surface area (Å²) in [6.07, 6.45) is 1.95. The predicted molar refractivity (Wildman–Crippen MR) is 35.8 cm³/mol. The first-order valence-electron chi connectivity index (χ1n) is 2.71. The van der Waals surface area contributed by atoms with E-state index in [0.717, 1.165) is 30.1 Å². The van der Waals surface area contributed by atoms with Crippen LogP contribution in [0.5, 0.6) is 0 Å². The molecule has 0 aromatic carbocycles. The summed E-state index contributed by atoms with van der Waals surface area (Å²) >= 11 is 1.92. The maximum Gasteiger partial charge on any atom is 0.0587 e. The standard InChI is InChI=1S/C5H9NOS/c7-6-5-1-3-8-4-2-5/h7H,1-4H2. The third-order valence-electron chi connectivity index (χ3n) is 1.21. The van der Waals surface area contributed by atoms with Gasteiger partial charge >= 0.3 is 0 Å². The van der Waals surface area contributed by atoms with E-state index in [-0.39, 0.29) is 0 Å². The first kappa shape index (κ1) is 5.95. The molecule has 0 aliphatic carbocycles. The molecule has 1 saturated heterocycles. The Labute approximate surface area is 53.0 Å². The summed E-state index contributed by atoms with van der Waals surface area (Å²) in [6, 6.07) is 0. The summed E-state index contributed by atoms with van der Waals surface area (Å²) in [5.41, 5.74) is 0.962. The van der Waals surface area contributed by atoms with Gasteiger partial charge in [0.1, 0.15) is 0 Å². The SMILES string of the molecule is ON=C1CCSCC1. The molecule has 0 unspecified atom stereocenters. The Morgan fingerprint density at radius 3 is 2.38 bits per heavy atom. The Hall–Kier alpha value is -0.180. The molecular weight excluding hydrogens is 122 g/mol. The highest BCUT2D eigenvalue weighted by Gasteiger charge is 2.05. The molecule has 0 amide bonds. The zero-order valence-electron chi connectivity index (χ0n) is 4.63. The summed E-state index contributed by atoms with van der Waals surface area (Å²) in [5.74, 6) is 2.25. The molecule has 1 aliphatic rings. The second kappa shape index (κ2) is 2.97. The molecule has 46 valence electrons. The number of hydrogen-bond donors (Lipinski definition) is 1. The van der Waals surface area contributed by atoms with Gasteiger partial charge in [0.2, 0.25) is 0 Å². The Balaban J connectivity index is 2.33. The monoisotopic (exact) mass is 131 g/mol. The molecule has 0 spiro atoms. The van der Waals surface area contributed by atoms with E-state index in [1.807, 2.05) is 11.8 Å². The molecule has 1 N–H and O–H groups in total. The average Bonchev–Trinajstić information content (AvgIpc) is 1.90. The lowest BCUT2D eigenvalue weighted by Gasteiger charge is -2.08. The molecule has 8 heavy (non-hydrogen) atoms. The molecule has 0 saturated carbocycles. The highest BCUT2D eigenvalue weighted by molar-refractivity contribution is 7.99. The fourth-order valence-electron chi connectivity index (χ4n) is 0.707. The van der Waals surface area contributed by atoms with Gasteiger partial charge < -0.3 is 5.21 Å². The quantitative estimate of drug-likeness (QED) is 0.397. The number of rotatable bonds is 0. The van der Waals surface area contributed by atoms with E-state index in [4.69, 9.17) is 5.21 Å². The highest BCUT2D eigenvalue weighted by Crippen LogP contribution is 2.13. The molecular formula is C5H9NOS.